The summed E-state index contributed by atoms with van der Waals surface area (Å²) >= 11 is 3.63. The summed E-state index contributed by atoms with van der Waals surface area (Å²) < 4.78 is 17.9. The highest BCUT2D eigenvalue weighted by Gasteiger charge is 2.51. The predicted molar refractivity (Wildman–Crippen MR) is 153 cm³/mol. The van der Waals surface area contributed by atoms with Crippen LogP contribution in [0.4, 0.5) is 5.69 Å². The number of nitro benzene ring substituents is 1. The van der Waals surface area contributed by atoms with Crippen LogP contribution in [0.25, 0.3) is 0 Å². The highest BCUT2D eigenvalue weighted by atomic mass is 79.9. The summed E-state index contributed by atoms with van der Waals surface area (Å²) in [7, 11) is 0. The van der Waals surface area contributed by atoms with E-state index in [1.54, 1.807) is 24.3 Å². The number of carbonyl (C=O) groups excluding carboxylic acids is 3. The monoisotopic (exact) mass is 623 g/mol. The Hall–Kier alpha value is -3.97. The zero-order valence-electron chi connectivity index (χ0n) is 22.7. The lowest BCUT2D eigenvalue weighted by Gasteiger charge is -2.26. The highest BCUT2D eigenvalue weighted by molar-refractivity contribution is 9.11. The van der Waals surface area contributed by atoms with Crippen LogP contribution in [0, 0.1) is 39.7 Å². The van der Waals surface area contributed by atoms with Crippen molar-refractivity contribution in [3.8, 4) is 11.8 Å². The van der Waals surface area contributed by atoms with E-state index >= 15 is 0 Å². The fourth-order valence-corrected chi connectivity index (χ4v) is 5.97. The van der Waals surface area contributed by atoms with E-state index < -0.39 is 29.1 Å². The molecule has 2 aliphatic rings. The first kappa shape index (κ1) is 30.0. The number of rotatable bonds is 9. The van der Waals surface area contributed by atoms with Crippen molar-refractivity contribution < 1.29 is 33.5 Å². The highest BCUT2D eigenvalue weighted by Crippen LogP contribution is 2.45. The molecule has 0 unspecified atom stereocenters. The summed E-state index contributed by atoms with van der Waals surface area (Å²) in [6.07, 6.45) is 1.84. The van der Waals surface area contributed by atoms with Crippen LogP contribution in [0.15, 0.2) is 65.2 Å². The third kappa shape index (κ3) is 7.41. The average molecular weight is 624 g/mol. The van der Waals surface area contributed by atoms with Gasteiger partial charge in [0.05, 0.1) is 22.5 Å². The van der Waals surface area contributed by atoms with Gasteiger partial charge in [-0.3, -0.25) is 14.9 Å². The number of nitrogens with zero attached hydrogens (tertiary/aromatic N) is 1. The Morgan fingerprint density at radius 1 is 1.12 bits per heavy atom. The van der Waals surface area contributed by atoms with Crippen molar-refractivity contribution in [3.63, 3.8) is 0 Å². The summed E-state index contributed by atoms with van der Waals surface area (Å²) in [5.41, 5.74) is 0.446. The number of non-ortho nitro benzene ring substituents is 1. The average Bonchev–Trinajstić information content (AvgIpc) is 3.47. The lowest BCUT2D eigenvalue weighted by Crippen LogP contribution is -2.28. The van der Waals surface area contributed by atoms with E-state index in [9.17, 15) is 24.5 Å². The molecule has 0 bridgehead atoms. The van der Waals surface area contributed by atoms with E-state index in [2.05, 4.69) is 27.8 Å². The van der Waals surface area contributed by atoms with E-state index in [1.807, 2.05) is 26.0 Å². The summed E-state index contributed by atoms with van der Waals surface area (Å²) in [5, 5.41) is 11.0. The standard InChI is InChI=1S/C31H30BrNO8/c1-3-4-6-9-19(2)29(41-31(36)21-12-14-22(15-13-21)33(37)38)25(32)16-23-24-17-28(34)39-26(24)18-27(23)40-30(35)20-10-7-5-8-11-20/h5,7-8,10-16,19,23-24,26-27,29H,3,9,17-18H2,1-2H3/b25-16+/t19-,23+,24+,26-,27+,29-/m0/s1. The van der Waals surface area contributed by atoms with Crippen LogP contribution in [0.3, 0.4) is 0 Å². The minimum absolute atomic E-state index is 0.136. The number of nitro groups is 1. The van der Waals surface area contributed by atoms with E-state index in [4.69, 9.17) is 14.2 Å². The Kier molecular flexibility index (Phi) is 9.95. The van der Waals surface area contributed by atoms with Crippen molar-refractivity contribution in [2.45, 2.75) is 57.8 Å². The number of hydrogen-bond donors (Lipinski definition) is 0. The fraction of sp³-hybridized carbons (Fsp3) is 0.387. The maximum atomic E-state index is 13.1. The molecule has 1 aliphatic heterocycles. The number of fused-ring (bicyclic) bond motifs is 1. The molecule has 10 heteroatoms. The third-order valence-corrected chi connectivity index (χ3v) is 7.95. The minimum atomic E-state index is -0.758. The lowest BCUT2D eigenvalue weighted by atomic mass is 9.90. The van der Waals surface area contributed by atoms with Crippen molar-refractivity contribution >= 4 is 39.5 Å². The van der Waals surface area contributed by atoms with E-state index in [-0.39, 0.29) is 47.5 Å². The van der Waals surface area contributed by atoms with Gasteiger partial charge in [0, 0.05) is 53.6 Å². The molecule has 6 atom stereocenters. The topological polar surface area (TPSA) is 122 Å². The van der Waals surface area contributed by atoms with Gasteiger partial charge in [-0.1, -0.05) is 54.1 Å². The molecule has 214 valence electrons. The Balaban J connectivity index is 1.60. The second-order valence-corrected chi connectivity index (χ2v) is 11.0. The van der Waals surface area contributed by atoms with Crippen molar-refractivity contribution in [1.82, 2.24) is 0 Å². The normalized spacial score (nSPS) is 22.9. The van der Waals surface area contributed by atoms with Crippen molar-refractivity contribution in [1.29, 1.82) is 0 Å². The van der Waals surface area contributed by atoms with Gasteiger partial charge in [0.25, 0.3) is 5.69 Å². The van der Waals surface area contributed by atoms with Crippen LogP contribution in [0.2, 0.25) is 0 Å². The van der Waals surface area contributed by atoms with Crippen LogP contribution in [0.5, 0.6) is 0 Å². The molecule has 0 N–H and O–H groups in total. The first-order valence-corrected chi connectivity index (χ1v) is 14.2. The van der Waals surface area contributed by atoms with E-state index in [0.29, 0.717) is 29.3 Å². The van der Waals surface area contributed by atoms with E-state index in [1.165, 1.54) is 24.3 Å². The molecule has 0 spiro atoms. The van der Waals surface area contributed by atoms with Gasteiger partial charge >= 0.3 is 17.9 Å². The van der Waals surface area contributed by atoms with E-state index in [0.717, 1.165) is 0 Å². The first-order valence-electron chi connectivity index (χ1n) is 13.4. The molecule has 1 saturated heterocycles. The minimum Gasteiger partial charge on any atom is -0.462 e. The number of hydrogen-bond acceptors (Lipinski definition) is 8. The summed E-state index contributed by atoms with van der Waals surface area (Å²) in [4.78, 5) is 48.5. The van der Waals surface area contributed by atoms with Gasteiger partial charge < -0.3 is 14.2 Å². The number of halogens is 1. The first-order chi connectivity index (χ1) is 19.7. The Labute approximate surface area is 246 Å². The molecule has 1 heterocycles. The van der Waals surface area contributed by atoms with Gasteiger partial charge in [-0.05, 0) is 24.3 Å². The van der Waals surface area contributed by atoms with Gasteiger partial charge in [0.1, 0.15) is 18.3 Å². The predicted octanol–water partition coefficient (Wildman–Crippen LogP) is 6.02. The largest absolute Gasteiger partial charge is 0.462 e. The summed E-state index contributed by atoms with van der Waals surface area (Å²) in [5.74, 6) is 3.89. The fourth-order valence-electron chi connectivity index (χ4n) is 5.12. The number of ether oxygens (including phenoxy) is 3. The molecule has 41 heavy (non-hydrogen) atoms. The lowest BCUT2D eigenvalue weighted by molar-refractivity contribution is -0.384. The van der Waals surface area contributed by atoms with Gasteiger partial charge in [-0.2, -0.15) is 0 Å². The molecule has 0 amide bonds. The number of benzene rings is 2. The number of esters is 3. The number of carbonyl (C=O) groups is 3. The third-order valence-electron chi connectivity index (χ3n) is 7.23. The molecule has 1 aliphatic carbocycles. The molecule has 0 radical (unpaired) electrons. The molecule has 1 saturated carbocycles. The Bertz CT molecular complexity index is 1380. The smallest absolute Gasteiger partial charge is 0.338 e. The summed E-state index contributed by atoms with van der Waals surface area (Å²) in [6, 6.07) is 13.8. The molecular weight excluding hydrogens is 594 g/mol. The second kappa shape index (κ2) is 13.6. The molecule has 9 nitrogen and oxygen atoms in total. The van der Waals surface area contributed by atoms with Crippen LogP contribution < -0.4 is 0 Å². The van der Waals surface area contributed by atoms with Gasteiger partial charge in [0.15, 0.2) is 0 Å². The second-order valence-electron chi connectivity index (χ2n) is 10.1. The zero-order chi connectivity index (χ0) is 29.5. The van der Waals surface area contributed by atoms with Crippen LogP contribution in [-0.2, 0) is 19.0 Å². The molecule has 0 aromatic heterocycles. The summed E-state index contributed by atoms with van der Waals surface area (Å²) in [6.45, 7) is 3.84. The quantitative estimate of drug-likeness (QED) is 0.109. The maximum absolute atomic E-state index is 13.1. The molecular formula is C31H30BrNO8. The van der Waals surface area contributed by atoms with Crippen LogP contribution >= 0.6 is 15.9 Å². The maximum Gasteiger partial charge on any atom is 0.338 e. The molecule has 4 rings (SSSR count). The van der Waals surface area contributed by atoms with Crippen molar-refractivity contribution in [3.05, 3.63) is 86.4 Å². The SMILES string of the molecule is CCC#CC[C@H](C)[C@H](OC(=O)c1ccc([N+](=O)[O-])cc1)/C(Br)=C\[C@@H]1[C@H]2CC(=O)O[C@H]2C[C@H]1OC(=O)c1ccccc1. The zero-order valence-corrected chi connectivity index (χ0v) is 24.2. The van der Waals surface area contributed by atoms with Crippen molar-refractivity contribution in [2.75, 3.05) is 0 Å². The van der Waals surface area contributed by atoms with Crippen molar-refractivity contribution in [2.24, 2.45) is 17.8 Å². The van der Waals surface area contributed by atoms with Crippen LogP contribution in [0.1, 0.15) is 60.2 Å². The Morgan fingerprint density at radius 2 is 1.80 bits per heavy atom. The molecule has 2 aromatic rings. The van der Waals surface area contributed by atoms with Crippen LogP contribution in [-0.4, -0.2) is 41.1 Å². The Morgan fingerprint density at radius 3 is 2.46 bits per heavy atom. The molecule has 2 fully saturated rings. The van der Waals surface area contributed by atoms with Gasteiger partial charge in [0.2, 0.25) is 0 Å². The molecule has 2 aromatic carbocycles. The van der Waals surface area contributed by atoms with Gasteiger partial charge in [-0.25, -0.2) is 9.59 Å². The van der Waals surface area contributed by atoms with Gasteiger partial charge in [-0.15, -0.1) is 11.8 Å².